The fourth-order valence-electron chi connectivity index (χ4n) is 1.29. The van der Waals surface area contributed by atoms with Crippen molar-refractivity contribution in [3.05, 3.63) is 11.6 Å². The number of rotatable bonds is 7. The van der Waals surface area contributed by atoms with Gasteiger partial charge in [-0.3, -0.25) is 0 Å². The van der Waals surface area contributed by atoms with Gasteiger partial charge in [-0.1, -0.05) is 11.6 Å². The minimum atomic E-state index is 0.914. The summed E-state index contributed by atoms with van der Waals surface area (Å²) in [5.41, 5.74) is 1.50. The van der Waals surface area contributed by atoms with Gasteiger partial charge < -0.3 is 4.74 Å². The molecule has 0 amide bonds. The van der Waals surface area contributed by atoms with Crippen LogP contribution in [-0.2, 0) is 4.74 Å². The SMILES string of the molecule is CC=C(C)CCCCOCC1CC1. The van der Waals surface area contributed by atoms with E-state index in [4.69, 9.17) is 4.74 Å². The molecule has 1 aliphatic carbocycles. The number of ether oxygens (including phenoxy) is 1. The summed E-state index contributed by atoms with van der Waals surface area (Å²) in [5.74, 6) is 0.914. The van der Waals surface area contributed by atoms with Crippen LogP contribution in [0.4, 0.5) is 0 Å². The van der Waals surface area contributed by atoms with Crippen molar-refractivity contribution < 1.29 is 4.74 Å². The minimum absolute atomic E-state index is 0.914. The molecule has 0 aromatic heterocycles. The Hall–Kier alpha value is -0.300. The number of unbranched alkanes of at least 4 members (excludes halogenated alkanes) is 1. The van der Waals surface area contributed by atoms with Crippen molar-refractivity contribution in [3.63, 3.8) is 0 Å². The number of allylic oxidation sites excluding steroid dienone is 2. The van der Waals surface area contributed by atoms with E-state index in [-0.39, 0.29) is 0 Å². The van der Waals surface area contributed by atoms with Crippen LogP contribution in [0.2, 0.25) is 0 Å². The van der Waals surface area contributed by atoms with Crippen LogP contribution >= 0.6 is 0 Å². The van der Waals surface area contributed by atoms with E-state index in [0.717, 1.165) is 19.1 Å². The fourth-order valence-corrected chi connectivity index (χ4v) is 1.29. The standard InChI is InChI=1S/C12H22O/c1-3-11(2)6-4-5-9-13-10-12-7-8-12/h3,12H,4-10H2,1-2H3. The summed E-state index contributed by atoms with van der Waals surface area (Å²) in [5, 5.41) is 0. The van der Waals surface area contributed by atoms with E-state index in [2.05, 4.69) is 19.9 Å². The molecule has 0 atom stereocenters. The lowest BCUT2D eigenvalue weighted by molar-refractivity contribution is 0.121. The zero-order valence-electron chi connectivity index (χ0n) is 9.01. The van der Waals surface area contributed by atoms with Gasteiger partial charge >= 0.3 is 0 Å². The second-order valence-corrected chi connectivity index (χ2v) is 4.11. The lowest BCUT2D eigenvalue weighted by atomic mass is 10.1. The first-order valence-electron chi connectivity index (χ1n) is 5.52. The summed E-state index contributed by atoms with van der Waals surface area (Å²) < 4.78 is 5.55. The molecule has 13 heavy (non-hydrogen) atoms. The van der Waals surface area contributed by atoms with Crippen molar-refractivity contribution in [3.8, 4) is 0 Å². The van der Waals surface area contributed by atoms with Crippen molar-refractivity contribution in [2.75, 3.05) is 13.2 Å². The molecule has 0 unspecified atom stereocenters. The van der Waals surface area contributed by atoms with Gasteiger partial charge in [0.1, 0.15) is 0 Å². The van der Waals surface area contributed by atoms with Gasteiger partial charge in [-0.05, 0) is 51.9 Å². The van der Waals surface area contributed by atoms with E-state index in [1.807, 2.05) is 0 Å². The second kappa shape index (κ2) is 6.20. The molecule has 0 saturated heterocycles. The maximum atomic E-state index is 5.55. The Bertz CT molecular complexity index is 157. The summed E-state index contributed by atoms with van der Waals surface area (Å²) in [7, 11) is 0. The van der Waals surface area contributed by atoms with Crippen LogP contribution in [0.25, 0.3) is 0 Å². The monoisotopic (exact) mass is 182 g/mol. The van der Waals surface area contributed by atoms with Gasteiger partial charge in [0.15, 0.2) is 0 Å². The first-order valence-corrected chi connectivity index (χ1v) is 5.52. The van der Waals surface area contributed by atoms with Crippen molar-refractivity contribution in [2.24, 2.45) is 5.92 Å². The van der Waals surface area contributed by atoms with Crippen LogP contribution in [0.5, 0.6) is 0 Å². The molecule has 0 aliphatic heterocycles. The number of hydrogen-bond acceptors (Lipinski definition) is 1. The molecule has 76 valence electrons. The van der Waals surface area contributed by atoms with Crippen molar-refractivity contribution in [1.29, 1.82) is 0 Å². The molecule has 1 fully saturated rings. The van der Waals surface area contributed by atoms with Crippen LogP contribution < -0.4 is 0 Å². The molecule has 1 heteroatoms. The lowest BCUT2D eigenvalue weighted by Gasteiger charge is -2.03. The fraction of sp³-hybridized carbons (Fsp3) is 0.833. The topological polar surface area (TPSA) is 9.23 Å². The normalized spacial score (nSPS) is 17.8. The Morgan fingerprint density at radius 3 is 2.77 bits per heavy atom. The van der Waals surface area contributed by atoms with Crippen LogP contribution in [0.15, 0.2) is 11.6 Å². The predicted octanol–water partition coefficient (Wildman–Crippen LogP) is 3.55. The molecule has 1 aliphatic rings. The van der Waals surface area contributed by atoms with Gasteiger partial charge in [-0.15, -0.1) is 0 Å². The maximum Gasteiger partial charge on any atom is 0.0494 e. The number of hydrogen-bond donors (Lipinski definition) is 0. The van der Waals surface area contributed by atoms with Gasteiger partial charge in [0.05, 0.1) is 0 Å². The van der Waals surface area contributed by atoms with Crippen molar-refractivity contribution in [2.45, 2.75) is 46.0 Å². The molecular weight excluding hydrogens is 160 g/mol. The third kappa shape index (κ3) is 5.87. The summed E-state index contributed by atoms with van der Waals surface area (Å²) >= 11 is 0. The molecule has 0 radical (unpaired) electrons. The van der Waals surface area contributed by atoms with Crippen molar-refractivity contribution in [1.82, 2.24) is 0 Å². The Kier molecular flexibility index (Phi) is 5.14. The van der Waals surface area contributed by atoms with E-state index in [9.17, 15) is 0 Å². The van der Waals surface area contributed by atoms with Gasteiger partial charge in [0, 0.05) is 13.2 Å². The van der Waals surface area contributed by atoms with Gasteiger partial charge in [0.2, 0.25) is 0 Å². The van der Waals surface area contributed by atoms with Crippen LogP contribution in [0.1, 0.15) is 46.0 Å². The largest absolute Gasteiger partial charge is 0.381 e. The molecule has 0 N–H and O–H groups in total. The summed E-state index contributed by atoms with van der Waals surface area (Å²) in [6.45, 7) is 6.29. The third-order valence-corrected chi connectivity index (χ3v) is 2.65. The van der Waals surface area contributed by atoms with E-state index in [1.54, 1.807) is 0 Å². The molecule has 1 saturated carbocycles. The highest BCUT2D eigenvalue weighted by atomic mass is 16.5. The zero-order valence-corrected chi connectivity index (χ0v) is 9.01. The van der Waals surface area contributed by atoms with Gasteiger partial charge in [-0.2, -0.15) is 0 Å². The molecule has 1 nitrogen and oxygen atoms in total. The zero-order chi connectivity index (χ0) is 9.52. The van der Waals surface area contributed by atoms with Crippen LogP contribution in [0, 0.1) is 5.92 Å². The molecule has 0 bridgehead atoms. The maximum absolute atomic E-state index is 5.55. The molecule has 0 aromatic rings. The average Bonchev–Trinajstić information content (AvgIpc) is 2.94. The Labute approximate surface area is 82.2 Å². The van der Waals surface area contributed by atoms with Crippen molar-refractivity contribution >= 4 is 0 Å². The van der Waals surface area contributed by atoms with Crippen LogP contribution in [-0.4, -0.2) is 13.2 Å². The first-order chi connectivity index (χ1) is 6.33. The highest BCUT2D eigenvalue weighted by molar-refractivity contribution is 4.94. The van der Waals surface area contributed by atoms with E-state index >= 15 is 0 Å². The quantitative estimate of drug-likeness (QED) is 0.432. The molecule has 0 heterocycles. The average molecular weight is 182 g/mol. The second-order valence-electron chi connectivity index (χ2n) is 4.11. The molecule has 0 spiro atoms. The summed E-state index contributed by atoms with van der Waals surface area (Å²) in [4.78, 5) is 0. The molecular formula is C12H22O. The highest BCUT2D eigenvalue weighted by Gasteiger charge is 2.20. The van der Waals surface area contributed by atoms with Crippen LogP contribution in [0.3, 0.4) is 0 Å². The van der Waals surface area contributed by atoms with E-state index in [0.29, 0.717) is 0 Å². The summed E-state index contributed by atoms with van der Waals surface area (Å²) in [6, 6.07) is 0. The Morgan fingerprint density at radius 2 is 2.15 bits per heavy atom. The summed E-state index contributed by atoms with van der Waals surface area (Å²) in [6.07, 6.45) is 8.74. The minimum Gasteiger partial charge on any atom is -0.381 e. The lowest BCUT2D eigenvalue weighted by Crippen LogP contribution is -1.98. The highest BCUT2D eigenvalue weighted by Crippen LogP contribution is 2.28. The molecule has 0 aromatic carbocycles. The third-order valence-electron chi connectivity index (χ3n) is 2.65. The first kappa shape index (κ1) is 10.8. The van der Waals surface area contributed by atoms with E-state index in [1.165, 1.54) is 37.7 Å². The Morgan fingerprint density at radius 1 is 1.38 bits per heavy atom. The Balaban J connectivity index is 1.77. The van der Waals surface area contributed by atoms with Gasteiger partial charge in [-0.25, -0.2) is 0 Å². The smallest absolute Gasteiger partial charge is 0.0494 e. The molecule has 1 rings (SSSR count). The van der Waals surface area contributed by atoms with Gasteiger partial charge in [0.25, 0.3) is 0 Å². The van der Waals surface area contributed by atoms with E-state index < -0.39 is 0 Å². The predicted molar refractivity (Wildman–Crippen MR) is 56.8 cm³/mol.